The summed E-state index contributed by atoms with van der Waals surface area (Å²) in [6, 6.07) is 5.92. The number of carbonyl (C=O) groups is 1. The first-order valence-corrected chi connectivity index (χ1v) is 6.94. The molecule has 1 aromatic carbocycles. The number of likely N-dealkylation sites (N-methyl/N-ethyl adjacent to an activating group) is 2. The van der Waals surface area contributed by atoms with Crippen molar-refractivity contribution < 1.29 is 9.53 Å². The second kappa shape index (κ2) is 5.39. The van der Waals surface area contributed by atoms with Crippen LogP contribution in [0.25, 0.3) is 0 Å². The monoisotopic (exact) mass is 311 g/mol. The maximum Gasteiger partial charge on any atom is 0.412 e. The standard InChI is InChI=1S/C15H21N3O2.ClH/c1-15-7-8-17(3)13(15)18(4)12-6-5-10(9-11(12)15)20-14(19)16-2;/h5-6,9,13H,7-8H2,1-4H3,(H,16,19);1H/t13-,15+;/m0./s1. The van der Waals surface area contributed by atoms with Gasteiger partial charge in [-0.25, -0.2) is 4.79 Å². The van der Waals surface area contributed by atoms with Gasteiger partial charge in [0, 0.05) is 31.7 Å². The molecule has 1 aromatic rings. The minimum atomic E-state index is -0.429. The maximum atomic E-state index is 11.4. The van der Waals surface area contributed by atoms with E-state index in [1.807, 2.05) is 18.2 Å². The van der Waals surface area contributed by atoms with E-state index in [1.165, 1.54) is 11.3 Å². The smallest absolute Gasteiger partial charge is 0.410 e. The minimum absolute atomic E-state index is 0. The van der Waals surface area contributed by atoms with Crippen molar-refractivity contribution >= 4 is 24.2 Å². The predicted octanol–water partition coefficient (Wildman–Crippen LogP) is 2.20. The van der Waals surface area contributed by atoms with Gasteiger partial charge < -0.3 is 15.0 Å². The molecule has 1 fully saturated rings. The van der Waals surface area contributed by atoms with Crippen LogP contribution in [0.5, 0.6) is 5.75 Å². The summed E-state index contributed by atoms with van der Waals surface area (Å²) >= 11 is 0. The Balaban J connectivity index is 0.00000161. The molecule has 1 N–H and O–H groups in total. The minimum Gasteiger partial charge on any atom is -0.410 e. The summed E-state index contributed by atoms with van der Waals surface area (Å²) in [5.74, 6) is 0.605. The van der Waals surface area contributed by atoms with Crippen LogP contribution in [-0.2, 0) is 5.41 Å². The molecule has 0 radical (unpaired) electrons. The number of carbonyl (C=O) groups excluding carboxylic acids is 1. The first-order valence-electron chi connectivity index (χ1n) is 6.94. The van der Waals surface area contributed by atoms with Crippen LogP contribution in [0.1, 0.15) is 18.9 Å². The average Bonchev–Trinajstić information content (AvgIpc) is 2.85. The van der Waals surface area contributed by atoms with Gasteiger partial charge in [-0.05, 0) is 37.2 Å². The summed E-state index contributed by atoms with van der Waals surface area (Å²) in [4.78, 5) is 16.1. The van der Waals surface area contributed by atoms with Gasteiger partial charge in [-0.3, -0.25) is 4.90 Å². The zero-order valence-electron chi connectivity index (χ0n) is 12.8. The third-order valence-corrected chi connectivity index (χ3v) is 4.72. The zero-order chi connectivity index (χ0) is 14.5. The molecule has 0 bridgehead atoms. The van der Waals surface area contributed by atoms with Crippen molar-refractivity contribution in [2.24, 2.45) is 0 Å². The van der Waals surface area contributed by atoms with Crippen LogP contribution in [0.15, 0.2) is 18.2 Å². The lowest BCUT2D eigenvalue weighted by molar-refractivity contribution is 0.203. The summed E-state index contributed by atoms with van der Waals surface area (Å²) in [5.41, 5.74) is 2.60. The van der Waals surface area contributed by atoms with E-state index in [1.54, 1.807) is 7.05 Å². The van der Waals surface area contributed by atoms with Crippen molar-refractivity contribution in [2.45, 2.75) is 24.9 Å². The molecular formula is C15H22ClN3O2. The molecule has 3 rings (SSSR count). The van der Waals surface area contributed by atoms with Gasteiger partial charge in [0.05, 0.1) is 6.17 Å². The highest BCUT2D eigenvalue weighted by atomic mass is 35.5. The number of nitrogens with zero attached hydrogens (tertiary/aromatic N) is 2. The molecule has 5 nitrogen and oxygen atoms in total. The van der Waals surface area contributed by atoms with E-state index in [9.17, 15) is 4.79 Å². The number of anilines is 1. The Bertz CT molecular complexity index is 566. The number of nitrogens with one attached hydrogen (secondary N) is 1. The lowest BCUT2D eigenvalue weighted by atomic mass is 9.81. The Labute approximate surface area is 131 Å². The molecule has 2 aliphatic rings. The van der Waals surface area contributed by atoms with E-state index in [0.29, 0.717) is 11.9 Å². The summed E-state index contributed by atoms with van der Waals surface area (Å²) in [7, 11) is 5.86. The molecule has 2 atom stereocenters. The van der Waals surface area contributed by atoms with Gasteiger partial charge in [0.2, 0.25) is 0 Å². The van der Waals surface area contributed by atoms with Crippen LogP contribution >= 0.6 is 12.4 Å². The second-order valence-electron chi connectivity index (χ2n) is 5.95. The van der Waals surface area contributed by atoms with Crippen molar-refractivity contribution in [3.05, 3.63) is 23.8 Å². The topological polar surface area (TPSA) is 44.8 Å². The van der Waals surface area contributed by atoms with Crippen LogP contribution in [0, 0.1) is 0 Å². The van der Waals surface area contributed by atoms with Gasteiger partial charge in [0.25, 0.3) is 0 Å². The van der Waals surface area contributed by atoms with Crippen molar-refractivity contribution in [3.63, 3.8) is 0 Å². The van der Waals surface area contributed by atoms with Crippen molar-refractivity contribution in [3.8, 4) is 5.75 Å². The fourth-order valence-electron chi connectivity index (χ4n) is 3.78. The number of amides is 1. The first kappa shape index (κ1) is 15.9. The summed E-state index contributed by atoms with van der Waals surface area (Å²) in [5, 5.41) is 2.47. The van der Waals surface area contributed by atoms with Crippen LogP contribution in [-0.4, -0.2) is 44.8 Å². The Hall–Kier alpha value is -1.46. The van der Waals surface area contributed by atoms with Crippen molar-refractivity contribution in [2.75, 3.05) is 32.6 Å². The number of rotatable bonds is 1. The van der Waals surface area contributed by atoms with E-state index in [-0.39, 0.29) is 17.8 Å². The molecule has 1 amide bonds. The lowest BCUT2D eigenvalue weighted by Crippen LogP contribution is -2.45. The van der Waals surface area contributed by atoms with Gasteiger partial charge in [-0.2, -0.15) is 0 Å². The summed E-state index contributed by atoms with van der Waals surface area (Å²) < 4.78 is 5.26. The number of hydrogen-bond donors (Lipinski definition) is 1. The van der Waals surface area contributed by atoms with Crippen molar-refractivity contribution in [1.82, 2.24) is 10.2 Å². The summed E-state index contributed by atoms with van der Waals surface area (Å²) in [6.45, 7) is 3.39. The van der Waals surface area contributed by atoms with Gasteiger partial charge in [-0.1, -0.05) is 6.92 Å². The molecule has 6 heteroatoms. The van der Waals surface area contributed by atoms with Gasteiger partial charge in [0.1, 0.15) is 5.75 Å². The van der Waals surface area contributed by atoms with Gasteiger partial charge >= 0.3 is 6.09 Å². The van der Waals surface area contributed by atoms with Crippen LogP contribution in [0.3, 0.4) is 0 Å². The molecule has 1 saturated heterocycles. The van der Waals surface area contributed by atoms with Gasteiger partial charge in [-0.15, -0.1) is 12.4 Å². The molecule has 0 aromatic heterocycles. The molecule has 0 saturated carbocycles. The number of fused-ring (bicyclic) bond motifs is 3. The van der Waals surface area contributed by atoms with Crippen LogP contribution < -0.4 is 15.0 Å². The molecule has 2 heterocycles. The van der Waals surface area contributed by atoms with E-state index in [2.05, 4.69) is 36.1 Å². The third kappa shape index (κ3) is 2.24. The number of likely N-dealkylation sites (tertiary alicyclic amines) is 1. The van der Waals surface area contributed by atoms with Crippen LogP contribution in [0.2, 0.25) is 0 Å². The van der Waals surface area contributed by atoms with E-state index < -0.39 is 6.09 Å². The number of halogens is 1. The largest absolute Gasteiger partial charge is 0.412 e. The highest BCUT2D eigenvalue weighted by Crippen LogP contribution is 2.51. The molecule has 0 unspecified atom stereocenters. The highest BCUT2D eigenvalue weighted by Gasteiger charge is 2.52. The molecule has 0 spiro atoms. The third-order valence-electron chi connectivity index (χ3n) is 4.72. The number of ether oxygens (including phenoxy) is 1. The number of benzene rings is 1. The molecular weight excluding hydrogens is 290 g/mol. The molecule has 2 aliphatic heterocycles. The second-order valence-corrected chi connectivity index (χ2v) is 5.95. The molecule has 116 valence electrons. The average molecular weight is 312 g/mol. The quantitative estimate of drug-likeness (QED) is 0.863. The zero-order valence-corrected chi connectivity index (χ0v) is 13.7. The SMILES string of the molecule is CNC(=O)Oc1ccc2c(c1)[C@@]1(C)CCN(C)[C@H]1N2C.Cl. The first-order chi connectivity index (χ1) is 9.47. The fraction of sp³-hybridized carbons (Fsp3) is 0.533. The predicted molar refractivity (Wildman–Crippen MR) is 85.6 cm³/mol. The molecule has 21 heavy (non-hydrogen) atoms. The molecule has 0 aliphatic carbocycles. The van der Waals surface area contributed by atoms with E-state index in [4.69, 9.17) is 4.74 Å². The Kier molecular flexibility index (Phi) is 4.08. The van der Waals surface area contributed by atoms with E-state index in [0.717, 1.165) is 13.0 Å². The van der Waals surface area contributed by atoms with Crippen LogP contribution in [0.4, 0.5) is 10.5 Å². The number of hydrogen-bond acceptors (Lipinski definition) is 4. The Morgan fingerprint density at radius 1 is 1.43 bits per heavy atom. The fourth-order valence-corrected chi connectivity index (χ4v) is 3.78. The Morgan fingerprint density at radius 3 is 2.81 bits per heavy atom. The van der Waals surface area contributed by atoms with Crippen molar-refractivity contribution in [1.29, 1.82) is 0 Å². The summed E-state index contributed by atoms with van der Waals surface area (Å²) in [6.07, 6.45) is 1.07. The maximum absolute atomic E-state index is 11.4. The lowest BCUT2D eigenvalue weighted by Gasteiger charge is -2.32. The highest BCUT2D eigenvalue weighted by molar-refractivity contribution is 5.85. The Morgan fingerprint density at radius 2 is 2.14 bits per heavy atom. The van der Waals surface area contributed by atoms with Gasteiger partial charge in [0.15, 0.2) is 0 Å². The van der Waals surface area contributed by atoms with E-state index >= 15 is 0 Å². The normalized spacial score (nSPS) is 26.9.